The summed E-state index contributed by atoms with van der Waals surface area (Å²) in [5.74, 6) is -1.11. The van der Waals surface area contributed by atoms with E-state index in [1.54, 1.807) is 24.0 Å². The largest absolute Gasteiger partial charge is 0.393 e. The molecule has 1 atom stereocenters. The van der Waals surface area contributed by atoms with Crippen LogP contribution in [0.2, 0.25) is 0 Å². The Balaban J connectivity index is 1.09. The molecule has 0 spiro atoms. The highest BCUT2D eigenvalue weighted by atomic mass is 32.1. The summed E-state index contributed by atoms with van der Waals surface area (Å²) in [6.45, 7) is 5.85. The minimum absolute atomic E-state index is 0.201. The minimum Gasteiger partial charge on any atom is -0.379 e. The monoisotopic (exact) mass is 628 g/mol. The standard InChI is InChI=1S/C28H31F3N10O2S/c1-17(28(29,30)31)10-41-16-34-37-25(41)27-36-24(14-44-27)35-26(42)20-8-22(40-13-21(33-15-40)18-2-3-18)23(9-32-20)39-11-19(12-39)38-4-6-43-7-5-38/h8-9,13-19H,2-7,10-12H2,1H3,(H,35,42)/t17-/m1/s1. The Morgan fingerprint density at radius 3 is 2.70 bits per heavy atom. The molecule has 0 aromatic carbocycles. The lowest BCUT2D eigenvalue weighted by Crippen LogP contribution is -2.61. The van der Waals surface area contributed by atoms with E-state index in [1.165, 1.54) is 10.9 Å². The number of amides is 1. The Hall–Kier alpha value is -3.89. The smallest absolute Gasteiger partial charge is 0.379 e. The number of alkyl halides is 3. The average molecular weight is 629 g/mol. The fraction of sp³-hybridized carbons (Fsp3) is 0.500. The van der Waals surface area contributed by atoms with E-state index in [4.69, 9.17) is 4.74 Å². The van der Waals surface area contributed by atoms with Gasteiger partial charge in [-0.15, -0.1) is 21.5 Å². The highest BCUT2D eigenvalue weighted by Gasteiger charge is 2.37. The molecule has 232 valence electrons. The van der Waals surface area contributed by atoms with E-state index < -0.39 is 18.0 Å². The number of carbonyl (C=O) groups excluding carboxylic acids is 1. The van der Waals surface area contributed by atoms with Crippen molar-refractivity contribution in [2.24, 2.45) is 5.92 Å². The van der Waals surface area contributed by atoms with Crippen LogP contribution in [0.15, 0.2) is 36.5 Å². The second-order valence-corrected chi connectivity index (χ2v) is 12.3. The van der Waals surface area contributed by atoms with Crippen LogP contribution in [0.1, 0.15) is 41.9 Å². The molecule has 1 saturated carbocycles. The summed E-state index contributed by atoms with van der Waals surface area (Å²) >= 11 is 1.15. The molecule has 1 N–H and O–H groups in total. The van der Waals surface area contributed by atoms with Crippen molar-refractivity contribution >= 4 is 28.7 Å². The Labute approximate surface area is 254 Å². The minimum atomic E-state index is -4.35. The first kappa shape index (κ1) is 28.9. The molecular weight excluding hydrogens is 597 g/mol. The summed E-state index contributed by atoms with van der Waals surface area (Å²) in [5.41, 5.74) is 2.98. The highest BCUT2D eigenvalue weighted by molar-refractivity contribution is 7.13. The summed E-state index contributed by atoms with van der Waals surface area (Å²) < 4.78 is 48.1. The van der Waals surface area contributed by atoms with Crippen LogP contribution in [-0.4, -0.2) is 96.7 Å². The van der Waals surface area contributed by atoms with Crippen molar-refractivity contribution in [1.82, 2.24) is 39.2 Å². The van der Waals surface area contributed by atoms with Crippen LogP contribution in [0, 0.1) is 5.92 Å². The van der Waals surface area contributed by atoms with Gasteiger partial charge in [-0.1, -0.05) is 6.92 Å². The van der Waals surface area contributed by atoms with Crippen LogP contribution in [0.5, 0.6) is 0 Å². The Morgan fingerprint density at radius 1 is 1.16 bits per heavy atom. The molecule has 16 heteroatoms. The molecule has 0 unspecified atom stereocenters. The number of anilines is 2. The number of pyridine rings is 1. The van der Waals surface area contributed by atoms with Crippen molar-refractivity contribution in [3.63, 3.8) is 0 Å². The predicted octanol–water partition coefficient (Wildman–Crippen LogP) is 3.83. The molecular formula is C28H31F3N10O2S. The summed E-state index contributed by atoms with van der Waals surface area (Å²) in [6.07, 6.45) is 4.71. The lowest BCUT2D eigenvalue weighted by atomic mass is 10.0. The Morgan fingerprint density at radius 2 is 1.95 bits per heavy atom. The van der Waals surface area contributed by atoms with Gasteiger partial charge in [-0.3, -0.25) is 9.69 Å². The van der Waals surface area contributed by atoms with E-state index in [-0.39, 0.29) is 23.9 Å². The second kappa shape index (κ2) is 11.6. The number of imidazole rings is 1. The number of morpholine rings is 1. The third-order valence-electron chi connectivity index (χ3n) is 8.32. The number of halogens is 3. The van der Waals surface area contributed by atoms with Crippen molar-refractivity contribution in [2.75, 3.05) is 49.6 Å². The van der Waals surface area contributed by atoms with Crippen LogP contribution in [0.3, 0.4) is 0 Å². The SMILES string of the molecule is C[C@H](Cn1cnnc1-c1nc(NC(=O)c2cc(-n3cnc(C4CC4)c3)c(N3CC(N4CCOCC4)C3)cn2)cs1)C(F)(F)F. The van der Waals surface area contributed by atoms with Crippen molar-refractivity contribution in [3.8, 4) is 16.5 Å². The molecule has 4 aromatic heterocycles. The van der Waals surface area contributed by atoms with E-state index in [0.29, 0.717) is 17.0 Å². The number of thiazole rings is 1. The zero-order chi connectivity index (χ0) is 30.4. The second-order valence-electron chi connectivity index (χ2n) is 11.5. The topological polar surface area (TPSA) is 119 Å². The lowest BCUT2D eigenvalue weighted by molar-refractivity contribution is -0.172. The number of nitrogens with zero attached hydrogens (tertiary/aromatic N) is 9. The summed E-state index contributed by atoms with van der Waals surface area (Å²) in [4.78, 5) is 31.6. The average Bonchev–Trinajstić information content (AvgIpc) is 3.32. The fourth-order valence-corrected chi connectivity index (χ4v) is 6.21. The normalized spacial score (nSPS) is 18.8. The van der Waals surface area contributed by atoms with Crippen molar-refractivity contribution in [1.29, 1.82) is 0 Å². The van der Waals surface area contributed by atoms with Crippen LogP contribution >= 0.6 is 11.3 Å². The van der Waals surface area contributed by atoms with Gasteiger partial charge in [-0.05, 0) is 18.9 Å². The van der Waals surface area contributed by atoms with Gasteiger partial charge in [-0.25, -0.2) is 15.0 Å². The number of aromatic nitrogens is 7. The van der Waals surface area contributed by atoms with E-state index in [9.17, 15) is 18.0 Å². The molecule has 2 saturated heterocycles. The quantitative estimate of drug-likeness (QED) is 0.295. The predicted molar refractivity (Wildman–Crippen MR) is 156 cm³/mol. The molecule has 1 aliphatic carbocycles. The van der Waals surface area contributed by atoms with Gasteiger partial charge in [0.15, 0.2) is 10.8 Å². The molecule has 7 rings (SSSR count). The van der Waals surface area contributed by atoms with E-state index in [0.717, 1.165) is 87.6 Å². The van der Waals surface area contributed by atoms with Crippen LogP contribution in [0.4, 0.5) is 24.7 Å². The number of rotatable bonds is 9. The number of hydrogen-bond acceptors (Lipinski definition) is 10. The van der Waals surface area contributed by atoms with E-state index >= 15 is 0 Å². The number of nitrogens with one attached hydrogen (secondary N) is 1. The molecule has 6 heterocycles. The van der Waals surface area contributed by atoms with Gasteiger partial charge in [0.2, 0.25) is 0 Å². The first-order valence-corrected chi connectivity index (χ1v) is 15.4. The Kier molecular flexibility index (Phi) is 7.58. The molecule has 2 aliphatic heterocycles. The van der Waals surface area contributed by atoms with E-state index in [1.807, 2.05) is 10.8 Å². The summed E-state index contributed by atoms with van der Waals surface area (Å²) in [5, 5.41) is 12.4. The lowest BCUT2D eigenvalue weighted by Gasteiger charge is -2.48. The summed E-state index contributed by atoms with van der Waals surface area (Å²) in [7, 11) is 0. The molecule has 12 nitrogen and oxygen atoms in total. The maximum absolute atomic E-state index is 13.3. The third kappa shape index (κ3) is 5.93. The van der Waals surface area contributed by atoms with Gasteiger partial charge in [-0.2, -0.15) is 13.2 Å². The van der Waals surface area contributed by atoms with Crippen molar-refractivity contribution in [2.45, 2.75) is 44.4 Å². The maximum Gasteiger partial charge on any atom is 0.393 e. The fourth-order valence-electron chi connectivity index (χ4n) is 5.46. The van der Waals surface area contributed by atoms with Gasteiger partial charge < -0.3 is 24.1 Å². The highest BCUT2D eigenvalue weighted by Crippen LogP contribution is 2.40. The maximum atomic E-state index is 13.3. The first-order valence-electron chi connectivity index (χ1n) is 14.6. The number of carbonyl (C=O) groups is 1. The molecule has 0 radical (unpaired) electrons. The zero-order valence-corrected chi connectivity index (χ0v) is 24.8. The number of hydrogen-bond donors (Lipinski definition) is 1. The molecule has 4 aromatic rings. The Bertz CT molecular complexity index is 1640. The molecule has 0 bridgehead atoms. The van der Waals surface area contributed by atoms with Crippen molar-refractivity contribution < 1.29 is 22.7 Å². The summed E-state index contributed by atoms with van der Waals surface area (Å²) in [6, 6.07) is 2.20. The van der Waals surface area contributed by atoms with Crippen molar-refractivity contribution in [3.05, 3.63) is 47.9 Å². The molecule has 3 fully saturated rings. The van der Waals surface area contributed by atoms with Crippen LogP contribution in [0.25, 0.3) is 16.5 Å². The van der Waals surface area contributed by atoms with Gasteiger partial charge in [0.05, 0.1) is 48.7 Å². The number of ether oxygens (including phenoxy) is 1. The van der Waals surface area contributed by atoms with Crippen LogP contribution in [-0.2, 0) is 11.3 Å². The zero-order valence-electron chi connectivity index (χ0n) is 23.9. The molecule has 3 aliphatic rings. The van der Waals surface area contributed by atoms with Gasteiger partial charge in [0.25, 0.3) is 5.91 Å². The van der Waals surface area contributed by atoms with Gasteiger partial charge in [0, 0.05) is 56.3 Å². The first-order chi connectivity index (χ1) is 21.2. The molecule has 44 heavy (non-hydrogen) atoms. The van der Waals surface area contributed by atoms with Gasteiger partial charge in [0.1, 0.15) is 17.8 Å². The third-order valence-corrected chi connectivity index (χ3v) is 9.16. The van der Waals surface area contributed by atoms with Crippen LogP contribution < -0.4 is 10.2 Å². The van der Waals surface area contributed by atoms with E-state index in [2.05, 4.69) is 40.3 Å². The molecule has 1 amide bonds. The van der Waals surface area contributed by atoms with Gasteiger partial charge >= 0.3 is 6.18 Å².